The minimum atomic E-state index is -4.85. The molecule has 0 aliphatic heterocycles. The van der Waals surface area contributed by atoms with Crippen molar-refractivity contribution in [1.82, 2.24) is 5.32 Å². The molecule has 0 spiro atoms. The van der Waals surface area contributed by atoms with Gasteiger partial charge in [-0.15, -0.1) is 0 Å². The van der Waals surface area contributed by atoms with Gasteiger partial charge < -0.3 is 14.8 Å². The van der Waals surface area contributed by atoms with Crippen LogP contribution in [-0.4, -0.2) is 54.3 Å². The summed E-state index contributed by atoms with van der Waals surface area (Å²) >= 11 is 0. The molecule has 2 N–H and O–H groups in total. The molecule has 9 nitrogen and oxygen atoms in total. The third kappa shape index (κ3) is 4.17. The maximum Gasteiger partial charge on any atom is 0.341 e. The van der Waals surface area contributed by atoms with E-state index in [0.717, 1.165) is 12.8 Å². The van der Waals surface area contributed by atoms with Crippen LogP contribution < -0.4 is 9.62 Å². The zero-order valence-electron chi connectivity index (χ0n) is 18.4. The molecule has 4 rings (SSSR count). The number of nitrogens with zero attached hydrogens (tertiary/aromatic N) is 1. The number of aliphatic hydroxyl groups is 1. The van der Waals surface area contributed by atoms with E-state index in [9.17, 15) is 31.1 Å². The topological polar surface area (TPSA) is 134 Å². The fourth-order valence-electron chi connectivity index (χ4n) is 3.85. The van der Waals surface area contributed by atoms with Crippen LogP contribution >= 0.6 is 0 Å². The Morgan fingerprint density at radius 3 is 2.35 bits per heavy atom. The van der Waals surface area contributed by atoms with Crippen LogP contribution in [0.3, 0.4) is 0 Å². The Balaban J connectivity index is 2.02. The summed E-state index contributed by atoms with van der Waals surface area (Å²) in [5, 5.41) is 12.5. The minimum absolute atomic E-state index is 0.0444. The third-order valence-electron chi connectivity index (χ3n) is 5.64. The Hall–Kier alpha value is -2.96. The van der Waals surface area contributed by atoms with Gasteiger partial charge in [-0.1, -0.05) is 0 Å². The summed E-state index contributed by atoms with van der Waals surface area (Å²) in [6, 6.07) is 8.35. The van der Waals surface area contributed by atoms with Gasteiger partial charge in [0.25, 0.3) is 14.8 Å². The maximum atomic E-state index is 13.5. The monoisotopic (exact) mass is 510 g/mol. The fourth-order valence-corrected chi connectivity index (χ4v) is 6.32. The number of benzene rings is 2. The molecule has 0 saturated heterocycles. The highest BCUT2D eigenvalue weighted by molar-refractivity contribution is 8.67. The van der Waals surface area contributed by atoms with Crippen molar-refractivity contribution < 1.29 is 35.5 Å². The van der Waals surface area contributed by atoms with Gasteiger partial charge in [0.05, 0.1) is 30.7 Å². The predicted molar refractivity (Wildman–Crippen MR) is 125 cm³/mol. The van der Waals surface area contributed by atoms with Crippen LogP contribution in [0.25, 0.3) is 22.3 Å². The molecule has 1 aliphatic carbocycles. The van der Waals surface area contributed by atoms with E-state index in [-0.39, 0.29) is 28.5 Å². The summed E-state index contributed by atoms with van der Waals surface area (Å²) in [5.41, 5.74) is 1.37. The number of hydrogen-bond acceptors (Lipinski definition) is 7. The van der Waals surface area contributed by atoms with Crippen molar-refractivity contribution in [3.8, 4) is 11.3 Å². The molecule has 34 heavy (non-hydrogen) atoms. The molecule has 0 bridgehead atoms. The number of nitrogens with one attached hydrogen (secondary N) is 1. The highest BCUT2D eigenvalue weighted by Gasteiger charge is 2.38. The number of halogens is 1. The van der Waals surface area contributed by atoms with Crippen molar-refractivity contribution in [3.63, 3.8) is 0 Å². The number of aliphatic hydroxyl groups excluding tert-OH is 1. The smallest absolute Gasteiger partial charge is 0.341 e. The highest BCUT2D eigenvalue weighted by Crippen LogP contribution is 2.48. The van der Waals surface area contributed by atoms with Crippen LogP contribution in [0.4, 0.5) is 10.1 Å². The molecule has 0 radical (unpaired) electrons. The van der Waals surface area contributed by atoms with Crippen molar-refractivity contribution in [1.29, 1.82) is 0 Å². The van der Waals surface area contributed by atoms with Crippen LogP contribution in [0.5, 0.6) is 0 Å². The molecule has 1 amide bonds. The van der Waals surface area contributed by atoms with Crippen LogP contribution in [-0.2, 0) is 17.9 Å². The van der Waals surface area contributed by atoms with E-state index in [0.29, 0.717) is 27.1 Å². The first-order valence-electron chi connectivity index (χ1n) is 10.4. The van der Waals surface area contributed by atoms with E-state index in [1.807, 2.05) is 0 Å². The molecular weight excluding hydrogens is 487 g/mol. The molecule has 1 fully saturated rings. The number of rotatable bonds is 8. The first-order chi connectivity index (χ1) is 16.0. The highest BCUT2D eigenvalue weighted by atomic mass is 33.2. The van der Waals surface area contributed by atoms with E-state index in [1.165, 1.54) is 37.4 Å². The lowest BCUT2D eigenvalue weighted by Crippen LogP contribution is -2.38. The average Bonchev–Trinajstić information content (AvgIpc) is 3.56. The van der Waals surface area contributed by atoms with Crippen LogP contribution in [0, 0.1) is 5.82 Å². The largest absolute Gasteiger partial charge is 0.455 e. The first kappa shape index (κ1) is 24.2. The number of furan rings is 1. The van der Waals surface area contributed by atoms with Gasteiger partial charge in [-0.2, -0.15) is 8.42 Å². The second-order valence-corrected chi connectivity index (χ2v) is 13.8. The number of carbonyl (C=O) groups excluding carboxylic acids is 1. The zero-order chi connectivity index (χ0) is 24.8. The van der Waals surface area contributed by atoms with E-state index in [4.69, 9.17) is 4.42 Å². The van der Waals surface area contributed by atoms with Crippen molar-refractivity contribution >= 4 is 40.5 Å². The van der Waals surface area contributed by atoms with Gasteiger partial charge in [0, 0.05) is 24.1 Å². The predicted octanol–water partition coefficient (Wildman–Crippen LogP) is 2.56. The summed E-state index contributed by atoms with van der Waals surface area (Å²) < 4.78 is 69.9. The molecule has 2 aromatic carbocycles. The second-order valence-electron chi connectivity index (χ2n) is 8.03. The first-order valence-corrected chi connectivity index (χ1v) is 14.3. The summed E-state index contributed by atoms with van der Waals surface area (Å²) in [7, 11) is -7.95. The summed E-state index contributed by atoms with van der Waals surface area (Å²) in [4.78, 5) is 12.8. The standard InChI is InChI=1S/C22H23FN2O7S2/c1-24-22(27)20-17-11-16(13-3-4-13)18(25(9-10-26)34(30,31)33(2,28)29)12-19(17)32-21(20)14-5-7-15(23)8-6-14/h5-8,11-13,26H,3-4,9-10H2,1-2H3,(H,24,27). The van der Waals surface area contributed by atoms with Gasteiger partial charge in [-0.25, -0.2) is 12.8 Å². The van der Waals surface area contributed by atoms with E-state index < -0.39 is 42.8 Å². The van der Waals surface area contributed by atoms with E-state index >= 15 is 0 Å². The van der Waals surface area contributed by atoms with Gasteiger partial charge in [-0.3, -0.25) is 9.10 Å². The molecule has 1 saturated carbocycles. The van der Waals surface area contributed by atoms with Crippen molar-refractivity contribution in [3.05, 3.63) is 53.3 Å². The SMILES string of the molecule is CNC(=O)c1c(-c2ccc(F)cc2)oc2cc(N(CCO)S(=O)(=O)S(C)(=O)=O)c(C3CC3)cc12. The van der Waals surface area contributed by atoms with Gasteiger partial charge in [0.1, 0.15) is 17.2 Å². The lowest BCUT2D eigenvalue weighted by atomic mass is 10.0. The molecule has 0 atom stereocenters. The Kier molecular flexibility index (Phi) is 6.17. The molecule has 1 aliphatic rings. The van der Waals surface area contributed by atoms with Gasteiger partial charge in [0.15, 0.2) is 0 Å². The van der Waals surface area contributed by atoms with Crippen LogP contribution in [0.15, 0.2) is 40.8 Å². The van der Waals surface area contributed by atoms with Gasteiger partial charge in [-0.05, 0) is 54.7 Å². The molecule has 182 valence electrons. The molecule has 12 heteroatoms. The quantitative estimate of drug-likeness (QED) is 0.445. The summed E-state index contributed by atoms with van der Waals surface area (Å²) in [5.74, 6) is -0.807. The number of amides is 1. The number of carbonyl (C=O) groups is 1. The Labute approximate surface area is 195 Å². The maximum absolute atomic E-state index is 13.5. The summed E-state index contributed by atoms with van der Waals surface area (Å²) in [6.07, 6.45) is 2.09. The van der Waals surface area contributed by atoms with Gasteiger partial charge >= 0.3 is 9.06 Å². The summed E-state index contributed by atoms with van der Waals surface area (Å²) in [6.45, 7) is -1.09. The number of fused-ring (bicyclic) bond motifs is 1. The Morgan fingerprint density at radius 1 is 1.18 bits per heavy atom. The zero-order valence-corrected chi connectivity index (χ0v) is 20.0. The van der Waals surface area contributed by atoms with Crippen LogP contribution in [0.1, 0.15) is 34.7 Å². The molecule has 0 unspecified atom stereocenters. The number of hydrogen-bond donors (Lipinski definition) is 2. The average molecular weight is 511 g/mol. The van der Waals surface area contributed by atoms with Crippen LogP contribution in [0.2, 0.25) is 0 Å². The lowest BCUT2D eigenvalue weighted by Gasteiger charge is -2.25. The van der Waals surface area contributed by atoms with Crippen molar-refractivity contribution in [2.24, 2.45) is 0 Å². The van der Waals surface area contributed by atoms with Crippen molar-refractivity contribution in [2.75, 3.05) is 30.8 Å². The van der Waals surface area contributed by atoms with Gasteiger partial charge in [0.2, 0.25) is 0 Å². The molecule has 1 aromatic heterocycles. The normalized spacial score (nSPS) is 14.4. The number of anilines is 1. The molecule has 3 aromatic rings. The van der Waals surface area contributed by atoms with E-state index in [2.05, 4.69) is 5.32 Å². The fraction of sp³-hybridized carbons (Fsp3) is 0.318. The Morgan fingerprint density at radius 2 is 1.82 bits per heavy atom. The minimum Gasteiger partial charge on any atom is -0.455 e. The van der Waals surface area contributed by atoms with E-state index in [1.54, 1.807) is 6.07 Å². The van der Waals surface area contributed by atoms with Crippen molar-refractivity contribution in [2.45, 2.75) is 18.8 Å². The lowest BCUT2D eigenvalue weighted by molar-refractivity contribution is 0.0964. The Bertz CT molecular complexity index is 1480. The third-order valence-corrected chi connectivity index (χ3v) is 10.2. The second kappa shape index (κ2) is 8.67. The molecular formula is C22H23FN2O7S2. The molecule has 1 heterocycles.